The molecule has 2 N–H and O–H groups in total. The van der Waals surface area contributed by atoms with Gasteiger partial charge in [0.05, 0.1) is 16.0 Å². The maximum Gasteiger partial charge on any atom is 0.337 e. The molecule has 17 heavy (non-hydrogen) atoms. The Labute approximate surface area is 101 Å². The van der Waals surface area contributed by atoms with E-state index in [9.17, 15) is 4.79 Å². The lowest BCUT2D eigenvalue weighted by Crippen LogP contribution is -1.96. The number of carboxylic acid groups (broad SMARTS) is 1. The predicted molar refractivity (Wildman–Crippen MR) is 66.4 cm³/mol. The zero-order chi connectivity index (χ0) is 11.8. The number of imidazole rings is 1. The number of fused-ring (bicyclic) bond motifs is 1. The largest absolute Gasteiger partial charge is 0.478 e. The van der Waals surface area contributed by atoms with Gasteiger partial charge < -0.3 is 10.1 Å². The highest BCUT2D eigenvalue weighted by Crippen LogP contribution is 2.25. The minimum Gasteiger partial charge on any atom is -0.478 e. The van der Waals surface area contributed by atoms with Crippen molar-refractivity contribution < 1.29 is 9.90 Å². The van der Waals surface area contributed by atoms with Crippen LogP contribution in [0.15, 0.2) is 35.7 Å². The Kier molecular flexibility index (Phi) is 2.19. The second-order valence-electron chi connectivity index (χ2n) is 3.57. The molecule has 0 aliphatic heterocycles. The van der Waals surface area contributed by atoms with Gasteiger partial charge in [-0.2, -0.15) is 0 Å². The van der Waals surface area contributed by atoms with Gasteiger partial charge in [-0.25, -0.2) is 9.78 Å². The number of carboxylic acids is 1. The molecule has 0 unspecified atom stereocenters. The third-order valence-electron chi connectivity index (χ3n) is 2.50. The molecule has 0 bridgehead atoms. The Hall–Kier alpha value is -2.14. The number of thiophene rings is 1. The molecule has 0 fully saturated rings. The van der Waals surface area contributed by atoms with E-state index in [2.05, 4.69) is 9.97 Å². The molecule has 84 valence electrons. The molecule has 3 aromatic rings. The van der Waals surface area contributed by atoms with Crippen LogP contribution in [0.25, 0.3) is 21.7 Å². The van der Waals surface area contributed by atoms with Crippen molar-refractivity contribution in [2.75, 3.05) is 0 Å². The SMILES string of the molecule is O=C(O)c1cccc2[nH]c(-c3cccs3)nc12. The number of carbonyl (C=O) groups is 1. The normalized spacial score (nSPS) is 10.8. The van der Waals surface area contributed by atoms with Crippen LogP contribution in [-0.4, -0.2) is 21.0 Å². The first-order valence-corrected chi connectivity index (χ1v) is 5.89. The van der Waals surface area contributed by atoms with Crippen molar-refractivity contribution in [3.63, 3.8) is 0 Å². The molecule has 5 heteroatoms. The summed E-state index contributed by atoms with van der Waals surface area (Å²) in [5, 5.41) is 11.0. The lowest BCUT2D eigenvalue weighted by Gasteiger charge is -1.93. The molecule has 2 heterocycles. The van der Waals surface area contributed by atoms with Gasteiger partial charge in [0, 0.05) is 0 Å². The van der Waals surface area contributed by atoms with Crippen LogP contribution in [0, 0.1) is 0 Å². The number of nitrogens with one attached hydrogen (secondary N) is 1. The zero-order valence-electron chi connectivity index (χ0n) is 8.68. The lowest BCUT2D eigenvalue weighted by molar-refractivity contribution is 0.0699. The van der Waals surface area contributed by atoms with E-state index < -0.39 is 5.97 Å². The average Bonchev–Trinajstić information content (AvgIpc) is 2.96. The van der Waals surface area contributed by atoms with Crippen LogP contribution in [0.4, 0.5) is 0 Å². The minimum absolute atomic E-state index is 0.224. The van der Waals surface area contributed by atoms with Crippen molar-refractivity contribution in [3.05, 3.63) is 41.3 Å². The van der Waals surface area contributed by atoms with Crippen LogP contribution in [-0.2, 0) is 0 Å². The number of hydrogen-bond donors (Lipinski definition) is 2. The van der Waals surface area contributed by atoms with Gasteiger partial charge in [0.15, 0.2) is 0 Å². The first kappa shape index (κ1) is 10.0. The van der Waals surface area contributed by atoms with Crippen molar-refractivity contribution >= 4 is 28.3 Å². The molecule has 0 amide bonds. The highest BCUT2D eigenvalue weighted by Gasteiger charge is 2.13. The second-order valence-corrected chi connectivity index (χ2v) is 4.52. The fraction of sp³-hybridized carbons (Fsp3) is 0. The topological polar surface area (TPSA) is 66.0 Å². The molecule has 0 saturated heterocycles. The molecule has 4 nitrogen and oxygen atoms in total. The monoisotopic (exact) mass is 244 g/mol. The summed E-state index contributed by atoms with van der Waals surface area (Å²) < 4.78 is 0. The number of aromatic carboxylic acids is 1. The van der Waals surface area contributed by atoms with Crippen molar-refractivity contribution in [2.24, 2.45) is 0 Å². The number of benzene rings is 1. The van der Waals surface area contributed by atoms with E-state index in [4.69, 9.17) is 5.11 Å². The lowest BCUT2D eigenvalue weighted by atomic mass is 10.2. The summed E-state index contributed by atoms with van der Waals surface area (Å²) in [7, 11) is 0. The summed E-state index contributed by atoms with van der Waals surface area (Å²) in [6, 6.07) is 8.98. The van der Waals surface area contributed by atoms with Crippen molar-refractivity contribution in [1.29, 1.82) is 0 Å². The number of para-hydroxylation sites is 1. The molecule has 0 aliphatic carbocycles. The second kappa shape index (κ2) is 3.71. The van der Waals surface area contributed by atoms with E-state index >= 15 is 0 Å². The van der Waals surface area contributed by atoms with Crippen LogP contribution in [0.1, 0.15) is 10.4 Å². The van der Waals surface area contributed by atoms with Crippen LogP contribution >= 0.6 is 11.3 Å². The number of nitrogens with zero attached hydrogens (tertiary/aromatic N) is 1. The molecule has 0 atom stereocenters. The van der Waals surface area contributed by atoms with Gasteiger partial charge >= 0.3 is 5.97 Å². The summed E-state index contributed by atoms with van der Waals surface area (Å²) >= 11 is 1.56. The number of H-pyrrole nitrogens is 1. The van der Waals surface area contributed by atoms with E-state index in [0.717, 1.165) is 10.4 Å². The van der Waals surface area contributed by atoms with Gasteiger partial charge in [-0.05, 0) is 23.6 Å². The van der Waals surface area contributed by atoms with E-state index in [-0.39, 0.29) is 5.56 Å². The Balaban J connectivity index is 2.26. The molecular weight excluding hydrogens is 236 g/mol. The summed E-state index contributed by atoms with van der Waals surface area (Å²) in [6.07, 6.45) is 0. The third-order valence-corrected chi connectivity index (χ3v) is 3.37. The van der Waals surface area contributed by atoms with Crippen LogP contribution in [0.5, 0.6) is 0 Å². The highest BCUT2D eigenvalue weighted by molar-refractivity contribution is 7.13. The molecule has 0 spiro atoms. The van der Waals surface area contributed by atoms with Crippen molar-refractivity contribution in [2.45, 2.75) is 0 Å². The maximum atomic E-state index is 11.1. The molecular formula is C12H8N2O2S. The maximum absolute atomic E-state index is 11.1. The van der Waals surface area contributed by atoms with Gasteiger partial charge in [-0.1, -0.05) is 12.1 Å². The smallest absolute Gasteiger partial charge is 0.337 e. The van der Waals surface area contributed by atoms with Gasteiger partial charge in [0.1, 0.15) is 11.3 Å². The Morgan fingerprint density at radius 3 is 2.88 bits per heavy atom. The number of aromatic amines is 1. The fourth-order valence-corrected chi connectivity index (χ4v) is 2.40. The standard InChI is InChI=1S/C12H8N2O2S/c15-12(16)7-3-1-4-8-10(7)14-11(13-8)9-5-2-6-17-9/h1-6H,(H,13,14)(H,15,16). The van der Waals surface area contributed by atoms with Crippen LogP contribution in [0.2, 0.25) is 0 Å². The van der Waals surface area contributed by atoms with E-state index in [1.807, 2.05) is 23.6 Å². The van der Waals surface area contributed by atoms with Crippen molar-refractivity contribution in [1.82, 2.24) is 9.97 Å². The number of rotatable bonds is 2. The van der Waals surface area contributed by atoms with E-state index in [1.54, 1.807) is 23.5 Å². The quantitative estimate of drug-likeness (QED) is 0.728. The van der Waals surface area contributed by atoms with Gasteiger partial charge in [0.25, 0.3) is 0 Å². The molecule has 1 aromatic carbocycles. The van der Waals surface area contributed by atoms with E-state index in [1.165, 1.54) is 0 Å². The third kappa shape index (κ3) is 1.60. The summed E-state index contributed by atoms with van der Waals surface area (Å²) in [4.78, 5) is 19.5. The Bertz CT molecular complexity index is 686. The van der Waals surface area contributed by atoms with Crippen LogP contribution in [0.3, 0.4) is 0 Å². The number of aromatic nitrogens is 2. The van der Waals surface area contributed by atoms with Gasteiger partial charge in [-0.15, -0.1) is 11.3 Å². The van der Waals surface area contributed by atoms with E-state index in [0.29, 0.717) is 11.3 Å². The Morgan fingerprint density at radius 1 is 1.29 bits per heavy atom. The minimum atomic E-state index is -0.958. The Morgan fingerprint density at radius 2 is 2.18 bits per heavy atom. The molecule has 0 radical (unpaired) electrons. The van der Waals surface area contributed by atoms with Crippen molar-refractivity contribution in [3.8, 4) is 10.7 Å². The summed E-state index contributed by atoms with van der Waals surface area (Å²) in [5.74, 6) is -0.247. The fourth-order valence-electron chi connectivity index (χ4n) is 1.73. The van der Waals surface area contributed by atoms with Gasteiger partial charge in [-0.3, -0.25) is 0 Å². The predicted octanol–water partition coefficient (Wildman–Crippen LogP) is 2.99. The first-order valence-electron chi connectivity index (χ1n) is 5.01. The molecule has 2 aromatic heterocycles. The molecule has 3 rings (SSSR count). The average molecular weight is 244 g/mol. The van der Waals surface area contributed by atoms with Gasteiger partial charge in [0.2, 0.25) is 0 Å². The number of hydrogen-bond acceptors (Lipinski definition) is 3. The molecule has 0 saturated carbocycles. The first-order chi connectivity index (χ1) is 8.25. The zero-order valence-corrected chi connectivity index (χ0v) is 9.49. The summed E-state index contributed by atoms with van der Waals surface area (Å²) in [5.41, 5.74) is 1.47. The highest BCUT2D eigenvalue weighted by atomic mass is 32.1. The molecule has 0 aliphatic rings. The van der Waals surface area contributed by atoms with Crippen LogP contribution < -0.4 is 0 Å². The summed E-state index contributed by atoms with van der Waals surface area (Å²) in [6.45, 7) is 0.